The maximum Gasteiger partial charge on any atom is 0.207 e. The van der Waals surface area contributed by atoms with Crippen molar-refractivity contribution >= 4 is 31.8 Å². The predicted molar refractivity (Wildman–Crippen MR) is 207 cm³/mol. The van der Waals surface area contributed by atoms with Crippen LogP contribution >= 0.6 is 0 Å². The number of nitrogens with zero attached hydrogens (tertiary/aromatic N) is 3. The highest BCUT2D eigenvalue weighted by atomic mass is 32.2. The first-order valence-corrected chi connectivity index (χ1v) is 18.8. The van der Waals surface area contributed by atoms with Crippen LogP contribution in [0.25, 0.3) is 56.1 Å². The van der Waals surface area contributed by atoms with E-state index >= 15 is 0 Å². The van der Waals surface area contributed by atoms with Crippen LogP contribution in [0.15, 0.2) is 190 Å². The van der Waals surface area contributed by atoms with Gasteiger partial charge in [-0.1, -0.05) is 133 Å². The highest BCUT2D eigenvalue weighted by molar-refractivity contribution is 7.91. The molecule has 7 aromatic carbocycles. The Balaban J connectivity index is 1.23. The summed E-state index contributed by atoms with van der Waals surface area (Å²) in [7, 11) is -3.79. The molecule has 10 rings (SSSR count). The first kappa shape index (κ1) is 31.1. The van der Waals surface area contributed by atoms with Crippen LogP contribution in [-0.2, 0) is 15.3 Å². The first-order valence-electron chi connectivity index (χ1n) is 17.4. The molecule has 0 bridgehead atoms. The standard InChI is InChI=1S/C46H29N3O3S/c50-53(51)41-24-11-8-21-37(41)46(33-17-5-2-6-18-33,38-22-9-12-25-42(38)53)34-19-13-16-31(28-34)44-47-43(30-14-3-1-4-15-30)48-45(49-44)32-26-27-40-36(29-32)35-20-7-10-23-39(35)52-40/h1-29H. The Hall–Kier alpha value is -6.70. The molecule has 1 aliphatic heterocycles. The number of para-hydroxylation sites is 1. The van der Waals surface area contributed by atoms with Crippen molar-refractivity contribution in [3.8, 4) is 34.2 Å². The van der Waals surface area contributed by atoms with E-state index in [1.807, 2.05) is 115 Å². The third kappa shape index (κ3) is 4.78. The second kappa shape index (κ2) is 11.9. The fourth-order valence-corrected chi connectivity index (χ4v) is 9.64. The summed E-state index contributed by atoms with van der Waals surface area (Å²) in [4.78, 5) is 15.8. The van der Waals surface area contributed by atoms with Crippen molar-refractivity contribution in [2.45, 2.75) is 15.2 Å². The van der Waals surface area contributed by atoms with Gasteiger partial charge in [0.05, 0.1) is 15.2 Å². The van der Waals surface area contributed by atoms with Gasteiger partial charge in [-0.25, -0.2) is 23.4 Å². The third-order valence-corrected chi connectivity index (χ3v) is 12.1. The van der Waals surface area contributed by atoms with Crippen molar-refractivity contribution in [1.82, 2.24) is 15.0 Å². The molecule has 0 radical (unpaired) electrons. The molecule has 0 saturated heterocycles. The van der Waals surface area contributed by atoms with E-state index in [-0.39, 0.29) is 0 Å². The second-order valence-corrected chi connectivity index (χ2v) is 15.1. The molecule has 9 aromatic rings. The number of rotatable bonds is 5. The van der Waals surface area contributed by atoms with Crippen molar-refractivity contribution in [2.24, 2.45) is 0 Å². The summed E-state index contributed by atoms with van der Waals surface area (Å²) in [5.41, 5.74) is 6.38. The van der Waals surface area contributed by atoms with Crippen LogP contribution in [0.2, 0.25) is 0 Å². The Bertz CT molecular complexity index is 2920. The Kier molecular flexibility index (Phi) is 7.00. The molecule has 0 atom stereocenters. The summed E-state index contributed by atoms with van der Waals surface area (Å²) < 4.78 is 34.5. The van der Waals surface area contributed by atoms with Gasteiger partial charge in [0.25, 0.3) is 0 Å². The van der Waals surface area contributed by atoms with Crippen molar-refractivity contribution < 1.29 is 12.8 Å². The van der Waals surface area contributed by atoms with Gasteiger partial charge in [0.1, 0.15) is 11.2 Å². The van der Waals surface area contributed by atoms with Gasteiger partial charge in [0.2, 0.25) is 9.84 Å². The number of fused-ring (bicyclic) bond motifs is 5. The SMILES string of the molecule is O=S1(=O)c2ccccc2C(c2ccccc2)(c2cccc(-c3nc(-c4ccccc4)nc(-c4ccc5oc6ccccc6c5c4)n3)c2)c2ccccc21. The zero-order chi connectivity index (χ0) is 35.6. The molecule has 0 aliphatic carbocycles. The monoisotopic (exact) mass is 703 g/mol. The van der Waals surface area contributed by atoms with Crippen molar-refractivity contribution in [3.05, 3.63) is 198 Å². The Morgan fingerprint density at radius 1 is 0.415 bits per heavy atom. The van der Waals surface area contributed by atoms with E-state index in [2.05, 4.69) is 36.4 Å². The molecule has 3 heterocycles. The molecule has 7 heteroatoms. The Morgan fingerprint density at radius 2 is 0.925 bits per heavy atom. The van der Waals surface area contributed by atoms with E-state index in [1.165, 1.54) is 0 Å². The molecule has 2 aromatic heterocycles. The molecular formula is C46H29N3O3S. The number of aromatic nitrogens is 3. The summed E-state index contributed by atoms with van der Waals surface area (Å²) in [5.74, 6) is 1.58. The molecule has 0 spiro atoms. The minimum atomic E-state index is -3.79. The highest BCUT2D eigenvalue weighted by Crippen LogP contribution is 2.53. The Labute approximate surface area is 306 Å². The van der Waals surface area contributed by atoms with Crippen LogP contribution in [0.4, 0.5) is 0 Å². The van der Waals surface area contributed by atoms with Gasteiger partial charge in [-0.15, -0.1) is 0 Å². The lowest BCUT2D eigenvalue weighted by molar-refractivity contribution is 0.579. The zero-order valence-corrected chi connectivity index (χ0v) is 29.0. The maximum atomic E-state index is 14.2. The van der Waals surface area contributed by atoms with Gasteiger partial charge >= 0.3 is 0 Å². The fourth-order valence-electron chi connectivity index (χ4n) is 7.87. The van der Waals surface area contributed by atoms with Crippen LogP contribution in [0.1, 0.15) is 22.3 Å². The summed E-state index contributed by atoms with van der Waals surface area (Å²) in [5, 5.41) is 2.01. The van der Waals surface area contributed by atoms with Crippen LogP contribution in [0.3, 0.4) is 0 Å². The number of hydrogen-bond acceptors (Lipinski definition) is 6. The van der Waals surface area contributed by atoms with Crippen LogP contribution in [0, 0.1) is 0 Å². The molecule has 252 valence electrons. The fraction of sp³-hybridized carbons (Fsp3) is 0.0217. The van der Waals surface area contributed by atoms with E-state index < -0.39 is 15.3 Å². The zero-order valence-electron chi connectivity index (χ0n) is 28.2. The molecule has 0 unspecified atom stereocenters. The predicted octanol–water partition coefficient (Wildman–Crippen LogP) is 10.3. The lowest BCUT2D eigenvalue weighted by Gasteiger charge is -2.41. The van der Waals surface area contributed by atoms with E-state index in [0.29, 0.717) is 38.4 Å². The van der Waals surface area contributed by atoms with Crippen LogP contribution < -0.4 is 0 Å². The number of furan rings is 1. The van der Waals surface area contributed by atoms with Crippen LogP contribution in [0.5, 0.6) is 0 Å². The van der Waals surface area contributed by atoms with E-state index in [0.717, 1.165) is 49.8 Å². The van der Waals surface area contributed by atoms with Gasteiger partial charge in [0, 0.05) is 27.5 Å². The summed E-state index contributed by atoms with van der Waals surface area (Å²) in [6.45, 7) is 0. The van der Waals surface area contributed by atoms with Gasteiger partial charge in [-0.3, -0.25) is 0 Å². The summed E-state index contributed by atoms with van der Waals surface area (Å²) in [6, 6.07) is 56.9. The third-order valence-electron chi connectivity index (χ3n) is 10.2. The van der Waals surface area contributed by atoms with E-state index in [9.17, 15) is 8.42 Å². The summed E-state index contributed by atoms with van der Waals surface area (Å²) in [6.07, 6.45) is 0. The lowest BCUT2D eigenvalue weighted by atomic mass is 9.64. The maximum absolute atomic E-state index is 14.2. The van der Waals surface area contributed by atoms with Crippen LogP contribution in [-0.4, -0.2) is 23.4 Å². The minimum Gasteiger partial charge on any atom is -0.456 e. The van der Waals surface area contributed by atoms with Crippen molar-refractivity contribution in [2.75, 3.05) is 0 Å². The lowest BCUT2D eigenvalue weighted by Crippen LogP contribution is -2.37. The average molecular weight is 704 g/mol. The number of hydrogen-bond donors (Lipinski definition) is 0. The highest BCUT2D eigenvalue weighted by Gasteiger charge is 2.48. The van der Waals surface area contributed by atoms with Crippen molar-refractivity contribution in [3.63, 3.8) is 0 Å². The van der Waals surface area contributed by atoms with Gasteiger partial charge in [-0.2, -0.15) is 0 Å². The number of benzene rings is 7. The molecule has 0 fully saturated rings. The number of sulfone groups is 1. The first-order chi connectivity index (χ1) is 26.0. The second-order valence-electron chi connectivity index (χ2n) is 13.2. The molecule has 53 heavy (non-hydrogen) atoms. The average Bonchev–Trinajstić information content (AvgIpc) is 3.60. The summed E-state index contributed by atoms with van der Waals surface area (Å²) >= 11 is 0. The molecule has 0 saturated carbocycles. The van der Waals surface area contributed by atoms with E-state index in [4.69, 9.17) is 19.4 Å². The molecule has 0 amide bonds. The minimum absolute atomic E-state index is 0.295. The molecule has 0 N–H and O–H groups in total. The molecular weight excluding hydrogens is 675 g/mol. The van der Waals surface area contributed by atoms with Crippen molar-refractivity contribution in [1.29, 1.82) is 0 Å². The smallest absolute Gasteiger partial charge is 0.207 e. The molecule has 1 aliphatic rings. The molecule has 6 nitrogen and oxygen atoms in total. The van der Waals surface area contributed by atoms with Gasteiger partial charge < -0.3 is 4.42 Å². The normalized spacial score (nSPS) is 14.1. The van der Waals surface area contributed by atoms with Gasteiger partial charge in [-0.05, 0) is 64.7 Å². The largest absolute Gasteiger partial charge is 0.456 e. The topological polar surface area (TPSA) is 86.0 Å². The quantitative estimate of drug-likeness (QED) is 0.177. The van der Waals surface area contributed by atoms with E-state index in [1.54, 1.807) is 24.3 Å². The van der Waals surface area contributed by atoms with Gasteiger partial charge in [0.15, 0.2) is 17.5 Å². The Morgan fingerprint density at radius 3 is 1.62 bits per heavy atom.